The minimum atomic E-state index is -0.348. The molecular formula is C13H15BrO2. The van der Waals surface area contributed by atoms with Crippen molar-refractivity contribution < 1.29 is 9.53 Å². The first-order chi connectivity index (χ1) is 7.64. The van der Waals surface area contributed by atoms with E-state index >= 15 is 0 Å². The van der Waals surface area contributed by atoms with Gasteiger partial charge in [-0.05, 0) is 36.5 Å². The first kappa shape index (κ1) is 11.6. The smallest absolute Gasteiger partial charge is 0.316 e. The summed E-state index contributed by atoms with van der Waals surface area (Å²) in [6.07, 6.45) is 2.78. The van der Waals surface area contributed by atoms with Crippen molar-refractivity contribution in [3.8, 4) is 0 Å². The molecule has 0 amide bonds. The lowest BCUT2D eigenvalue weighted by Gasteiger charge is -2.14. The van der Waals surface area contributed by atoms with E-state index in [0.717, 1.165) is 29.3 Å². The van der Waals surface area contributed by atoms with E-state index in [4.69, 9.17) is 4.74 Å². The van der Waals surface area contributed by atoms with Crippen LogP contribution in [-0.4, -0.2) is 13.1 Å². The zero-order valence-electron chi connectivity index (χ0n) is 9.55. The maximum atomic E-state index is 11.7. The first-order valence-corrected chi connectivity index (χ1v) is 6.30. The van der Waals surface area contributed by atoms with Gasteiger partial charge < -0.3 is 4.74 Å². The largest absolute Gasteiger partial charge is 0.468 e. The van der Waals surface area contributed by atoms with Crippen LogP contribution in [0.15, 0.2) is 22.7 Å². The molecule has 0 heterocycles. The molecule has 1 fully saturated rings. The van der Waals surface area contributed by atoms with Crippen molar-refractivity contribution in [2.75, 3.05) is 7.11 Å². The molecule has 16 heavy (non-hydrogen) atoms. The average molecular weight is 283 g/mol. The zero-order chi connectivity index (χ0) is 11.8. The number of methoxy groups -OCH3 is 1. The van der Waals surface area contributed by atoms with E-state index in [9.17, 15) is 4.79 Å². The molecule has 1 aliphatic rings. The minimum Gasteiger partial charge on any atom is -0.468 e. The topological polar surface area (TPSA) is 26.3 Å². The van der Waals surface area contributed by atoms with Crippen LogP contribution in [0.25, 0.3) is 0 Å². The third-order valence-corrected chi connectivity index (χ3v) is 4.08. The Balaban J connectivity index is 2.38. The van der Waals surface area contributed by atoms with Gasteiger partial charge in [-0.2, -0.15) is 0 Å². The predicted molar refractivity (Wildman–Crippen MR) is 66.4 cm³/mol. The second kappa shape index (κ2) is 4.21. The molecule has 0 atom stereocenters. The number of aryl methyl sites for hydroxylation is 1. The fourth-order valence-electron chi connectivity index (χ4n) is 2.07. The molecule has 86 valence electrons. The maximum absolute atomic E-state index is 11.7. The molecule has 0 radical (unpaired) electrons. The van der Waals surface area contributed by atoms with Gasteiger partial charge in [0.25, 0.3) is 0 Å². The zero-order valence-corrected chi connectivity index (χ0v) is 11.1. The van der Waals surface area contributed by atoms with E-state index in [0.29, 0.717) is 0 Å². The van der Waals surface area contributed by atoms with Gasteiger partial charge in [-0.15, -0.1) is 0 Å². The Morgan fingerprint density at radius 2 is 2.19 bits per heavy atom. The Morgan fingerprint density at radius 1 is 1.50 bits per heavy atom. The maximum Gasteiger partial charge on any atom is 0.316 e. The van der Waals surface area contributed by atoms with Gasteiger partial charge >= 0.3 is 5.97 Å². The van der Waals surface area contributed by atoms with E-state index in [2.05, 4.69) is 28.9 Å². The van der Waals surface area contributed by atoms with Crippen LogP contribution < -0.4 is 0 Å². The van der Waals surface area contributed by atoms with Crippen LogP contribution in [0.1, 0.15) is 30.9 Å². The third-order valence-electron chi connectivity index (χ3n) is 3.31. The Labute approximate surface area is 104 Å². The molecule has 1 aromatic rings. The monoisotopic (exact) mass is 282 g/mol. The van der Waals surface area contributed by atoms with Crippen molar-refractivity contribution >= 4 is 21.9 Å². The van der Waals surface area contributed by atoms with Gasteiger partial charge in [-0.1, -0.05) is 35.0 Å². The fraction of sp³-hybridized carbons (Fsp3) is 0.462. The number of rotatable bonds is 3. The lowest BCUT2D eigenvalue weighted by molar-refractivity contribution is -0.143. The van der Waals surface area contributed by atoms with Crippen LogP contribution in [0.5, 0.6) is 0 Å². The molecule has 0 saturated heterocycles. The van der Waals surface area contributed by atoms with Crippen molar-refractivity contribution in [2.24, 2.45) is 0 Å². The Hall–Kier alpha value is -0.830. The molecule has 0 spiro atoms. The Bertz CT molecular complexity index is 422. The number of carbonyl (C=O) groups excluding carboxylic acids is 1. The molecule has 0 aliphatic heterocycles. The number of esters is 1. The summed E-state index contributed by atoms with van der Waals surface area (Å²) in [7, 11) is 1.46. The molecule has 2 rings (SSSR count). The van der Waals surface area contributed by atoms with Crippen LogP contribution in [0.4, 0.5) is 0 Å². The van der Waals surface area contributed by atoms with Gasteiger partial charge in [0, 0.05) is 4.47 Å². The highest BCUT2D eigenvalue weighted by Crippen LogP contribution is 2.49. The summed E-state index contributed by atoms with van der Waals surface area (Å²) in [5, 5.41) is 0. The number of ether oxygens (including phenoxy) is 1. The average Bonchev–Trinajstić information content (AvgIpc) is 3.10. The molecule has 0 N–H and O–H groups in total. The Kier molecular flexibility index (Phi) is 3.06. The van der Waals surface area contributed by atoms with E-state index in [1.165, 1.54) is 12.7 Å². The molecular weight excluding hydrogens is 268 g/mol. The van der Waals surface area contributed by atoms with Crippen LogP contribution in [0, 0.1) is 0 Å². The second-order valence-electron chi connectivity index (χ2n) is 4.23. The quantitative estimate of drug-likeness (QED) is 0.796. The van der Waals surface area contributed by atoms with Crippen LogP contribution >= 0.6 is 15.9 Å². The van der Waals surface area contributed by atoms with E-state index < -0.39 is 0 Å². The Morgan fingerprint density at radius 3 is 2.69 bits per heavy atom. The first-order valence-electron chi connectivity index (χ1n) is 5.51. The number of hydrogen-bond acceptors (Lipinski definition) is 2. The summed E-state index contributed by atoms with van der Waals surface area (Å²) in [4.78, 5) is 11.7. The van der Waals surface area contributed by atoms with Crippen molar-refractivity contribution in [3.63, 3.8) is 0 Å². The van der Waals surface area contributed by atoms with E-state index in [1.54, 1.807) is 0 Å². The lowest BCUT2D eigenvalue weighted by atomic mass is 9.94. The van der Waals surface area contributed by atoms with Crippen LogP contribution in [0.3, 0.4) is 0 Å². The van der Waals surface area contributed by atoms with Gasteiger partial charge in [0.15, 0.2) is 0 Å². The molecule has 0 unspecified atom stereocenters. The molecule has 0 bridgehead atoms. The molecule has 1 aliphatic carbocycles. The summed E-state index contributed by atoms with van der Waals surface area (Å²) in [5.41, 5.74) is 1.99. The summed E-state index contributed by atoms with van der Waals surface area (Å²) >= 11 is 3.52. The normalized spacial score (nSPS) is 16.9. The van der Waals surface area contributed by atoms with Crippen molar-refractivity contribution in [1.82, 2.24) is 0 Å². The fourth-order valence-corrected chi connectivity index (χ4v) is 2.60. The van der Waals surface area contributed by atoms with E-state index in [1.807, 2.05) is 12.1 Å². The van der Waals surface area contributed by atoms with Crippen molar-refractivity contribution in [1.29, 1.82) is 0 Å². The van der Waals surface area contributed by atoms with Gasteiger partial charge in [0.1, 0.15) is 0 Å². The van der Waals surface area contributed by atoms with Gasteiger partial charge in [0.05, 0.1) is 12.5 Å². The summed E-state index contributed by atoms with van der Waals surface area (Å²) < 4.78 is 6.00. The van der Waals surface area contributed by atoms with Crippen LogP contribution in [-0.2, 0) is 21.4 Å². The third kappa shape index (κ3) is 1.77. The van der Waals surface area contributed by atoms with E-state index in [-0.39, 0.29) is 11.4 Å². The SMILES string of the molecule is CCc1cc(C2(C(=O)OC)CC2)ccc1Br. The number of carbonyl (C=O) groups is 1. The standard InChI is InChI=1S/C13H15BrO2/c1-3-9-8-10(4-5-11(9)14)13(6-7-13)12(15)16-2/h4-5,8H,3,6-7H2,1-2H3. The highest BCUT2D eigenvalue weighted by molar-refractivity contribution is 9.10. The van der Waals surface area contributed by atoms with Gasteiger partial charge in [0.2, 0.25) is 0 Å². The summed E-state index contributed by atoms with van der Waals surface area (Å²) in [6.45, 7) is 2.11. The highest BCUT2D eigenvalue weighted by Gasteiger charge is 2.52. The number of hydrogen-bond donors (Lipinski definition) is 0. The second-order valence-corrected chi connectivity index (χ2v) is 5.09. The van der Waals surface area contributed by atoms with Crippen molar-refractivity contribution in [2.45, 2.75) is 31.6 Å². The molecule has 3 heteroatoms. The molecule has 0 aromatic heterocycles. The molecule has 1 aromatic carbocycles. The van der Waals surface area contributed by atoms with Crippen molar-refractivity contribution in [3.05, 3.63) is 33.8 Å². The summed E-state index contributed by atoms with van der Waals surface area (Å²) in [5.74, 6) is -0.100. The van der Waals surface area contributed by atoms with Crippen LogP contribution in [0.2, 0.25) is 0 Å². The lowest BCUT2D eigenvalue weighted by Crippen LogP contribution is -2.21. The molecule has 1 saturated carbocycles. The summed E-state index contributed by atoms with van der Waals surface area (Å²) in [6, 6.07) is 6.17. The minimum absolute atomic E-state index is 0.100. The number of benzene rings is 1. The predicted octanol–water partition coefficient (Wildman–Crippen LogP) is 3.22. The van der Waals surface area contributed by atoms with Gasteiger partial charge in [-0.25, -0.2) is 0 Å². The number of halogens is 1. The van der Waals surface area contributed by atoms with Gasteiger partial charge in [-0.3, -0.25) is 4.79 Å². The molecule has 2 nitrogen and oxygen atoms in total. The highest BCUT2D eigenvalue weighted by atomic mass is 79.9.